The summed E-state index contributed by atoms with van der Waals surface area (Å²) in [6, 6.07) is 9.72. The van der Waals surface area contributed by atoms with Gasteiger partial charge in [0.05, 0.1) is 17.5 Å². The number of aliphatic hydroxyl groups is 3. The van der Waals surface area contributed by atoms with Crippen LogP contribution in [0.2, 0.25) is 5.02 Å². The monoisotopic (exact) mass is 438 g/mol. The second kappa shape index (κ2) is 9.35. The van der Waals surface area contributed by atoms with Crippen LogP contribution in [0.15, 0.2) is 36.4 Å². The van der Waals surface area contributed by atoms with Crippen LogP contribution in [-0.4, -0.2) is 49.3 Å². The van der Waals surface area contributed by atoms with E-state index < -0.39 is 25.0 Å². The third-order valence-corrected chi connectivity index (χ3v) is 5.43. The molecule has 0 bridgehead atoms. The minimum Gasteiger partial charge on any atom is -0.492 e. The van der Waals surface area contributed by atoms with Crippen LogP contribution < -0.4 is 10.6 Å². The molecule has 0 fully saturated rings. The highest BCUT2D eigenvalue weighted by atomic mass is 35.5. The number of halogens is 1. The minimum atomic E-state index is -1.79. The quantitative estimate of drug-likeness (QED) is 0.262. The second-order valence-corrected chi connectivity index (χ2v) is 7.61. The number of carbonyl (C=O) groups excluding carboxylic acids is 1. The zero-order valence-corrected chi connectivity index (χ0v) is 16.5. The molecule has 0 aliphatic heterocycles. The Morgan fingerprint density at radius 3 is 2.55 bits per heavy atom. The molecule has 11 heteroatoms. The van der Waals surface area contributed by atoms with Crippen LogP contribution in [0, 0.1) is 0 Å². The number of H-pyrrole nitrogens is 1. The first-order chi connectivity index (χ1) is 13.9. The number of carbonyl (C=O) groups is 1. The molecule has 3 aromatic rings. The number of rotatable bonds is 8. The molecule has 0 saturated carbocycles. The van der Waals surface area contributed by atoms with E-state index in [4.69, 9.17) is 21.8 Å². The van der Waals surface area contributed by atoms with Gasteiger partial charge in [-0.05, 0) is 29.8 Å². The smallest absolute Gasteiger partial charge is 0.268 e. The number of nitrogens with zero attached hydrogens (tertiary/aromatic N) is 1. The maximum Gasteiger partial charge on any atom is 0.268 e. The third kappa shape index (κ3) is 5.32. The topological polar surface area (TPSA) is 151 Å². The number of hydrogen-bond acceptors (Lipinski definition) is 8. The summed E-state index contributed by atoms with van der Waals surface area (Å²) in [5.41, 5.74) is 1.86. The Labute approximate surface area is 174 Å². The van der Waals surface area contributed by atoms with Gasteiger partial charge in [0.1, 0.15) is 10.7 Å². The fourth-order valence-corrected chi connectivity index (χ4v) is 3.59. The van der Waals surface area contributed by atoms with Crippen LogP contribution in [0.3, 0.4) is 0 Å². The Kier molecular flexibility index (Phi) is 6.85. The zero-order chi connectivity index (χ0) is 21.0. The summed E-state index contributed by atoms with van der Waals surface area (Å²) in [5.74, 6) is -0.786. The Morgan fingerprint density at radius 2 is 1.93 bits per heavy atom. The van der Waals surface area contributed by atoms with Crippen molar-refractivity contribution in [2.45, 2.75) is 19.1 Å². The van der Waals surface area contributed by atoms with E-state index in [0.717, 1.165) is 22.6 Å². The zero-order valence-electron chi connectivity index (χ0n) is 15.0. The fourth-order valence-electron chi connectivity index (χ4n) is 2.60. The second-order valence-electron chi connectivity index (χ2n) is 6.06. The van der Waals surface area contributed by atoms with E-state index in [9.17, 15) is 15.0 Å². The van der Waals surface area contributed by atoms with Gasteiger partial charge in [0.15, 0.2) is 0 Å². The molecule has 154 valence electrons. The first kappa shape index (κ1) is 21.2. The van der Waals surface area contributed by atoms with Gasteiger partial charge in [0.2, 0.25) is 12.3 Å². The molecule has 0 radical (unpaired) electrons. The van der Waals surface area contributed by atoms with E-state index in [-0.39, 0.29) is 23.0 Å². The predicted molar refractivity (Wildman–Crippen MR) is 107 cm³/mol. The Hall–Kier alpha value is -2.47. The van der Waals surface area contributed by atoms with Crippen molar-refractivity contribution in [2.75, 3.05) is 6.54 Å². The van der Waals surface area contributed by atoms with Crippen molar-refractivity contribution in [1.82, 2.24) is 20.6 Å². The lowest BCUT2D eigenvalue weighted by Gasteiger charge is -2.17. The van der Waals surface area contributed by atoms with Crippen molar-refractivity contribution < 1.29 is 25.2 Å². The van der Waals surface area contributed by atoms with Crippen molar-refractivity contribution in [3.05, 3.63) is 57.0 Å². The molecule has 3 rings (SSSR count). The molecule has 0 saturated heterocycles. The molecular formula is C18H19ClN4O5S. The van der Waals surface area contributed by atoms with Crippen LogP contribution >= 0.6 is 22.9 Å². The Balaban J connectivity index is 1.77. The molecule has 1 aromatic carbocycles. The molecule has 0 aliphatic rings. The number of aromatic nitrogens is 2. The number of nitrogens with one attached hydrogen (secondary N) is 3. The van der Waals surface area contributed by atoms with Gasteiger partial charge >= 0.3 is 0 Å². The van der Waals surface area contributed by atoms with Crippen LogP contribution in [0.5, 0.6) is 5.88 Å². The first-order valence-electron chi connectivity index (χ1n) is 8.52. The van der Waals surface area contributed by atoms with Gasteiger partial charge in [0.25, 0.3) is 5.91 Å². The standard InChI is InChI=1S/C18H19ClN4O5S/c19-10-3-1-9(2-4-10)11-5-6-12(21-11)15(25)22-13(7-20-18(27)28)17-23-16(26)14(8-24)29-17/h1-6,13,18,20-21,24,26-28H,7-8H2,(H,22,25). The molecule has 1 amide bonds. The van der Waals surface area contributed by atoms with Crippen molar-refractivity contribution in [3.8, 4) is 17.1 Å². The molecular weight excluding hydrogens is 420 g/mol. The van der Waals surface area contributed by atoms with Crippen molar-refractivity contribution in [1.29, 1.82) is 0 Å². The van der Waals surface area contributed by atoms with Crippen molar-refractivity contribution in [3.63, 3.8) is 0 Å². The van der Waals surface area contributed by atoms with E-state index in [1.807, 2.05) is 12.1 Å². The Bertz CT molecular complexity index is 973. The molecule has 2 aromatic heterocycles. The van der Waals surface area contributed by atoms with Crippen LogP contribution in [0.25, 0.3) is 11.3 Å². The molecule has 7 N–H and O–H groups in total. The number of thiazole rings is 1. The summed E-state index contributed by atoms with van der Waals surface area (Å²) in [5, 5.41) is 43.1. The lowest BCUT2D eigenvalue weighted by Crippen LogP contribution is -2.39. The number of aromatic amines is 1. The molecule has 1 unspecified atom stereocenters. The SMILES string of the molecule is O=C(NC(CNC(O)O)c1nc(O)c(CO)s1)c1ccc(-c2ccc(Cl)cc2)[nH]1. The van der Waals surface area contributed by atoms with E-state index in [1.165, 1.54) is 0 Å². The highest BCUT2D eigenvalue weighted by Crippen LogP contribution is 2.28. The van der Waals surface area contributed by atoms with Gasteiger partial charge in [-0.25, -0.2) is 4.98 Å². The van der Waals surface area contributed by atoms with Gasteiger partial charge in [-0.1, -0.05) is 23.7 Å². The van der Waals surface area contributed by atoms with Gasteiger partial charge in [-0.3, -0.25) is 10.1 Å². The summed E-state index contributed by atoms with van der Waals surface area (Å²) < 4.78 is 0. The molecule has 0 aliphatic carbocycles. The minimum absolute atomic E-state index is 0.0635. The summed E-state index contributed by atoms with van der Waals surface area (Å²) in [7, 11) is 0. The first-order valence-corrected chi connectivity index (χ1v) is 9.71. The van der Waals surface area contributed by atoms with Crippen molar-refractivity contribution in [2.24, 2.45) is 0 Å². The third-order valence-electron chi connectivity index (χ3n) is 4.03. The highest BCUT2D eigenvalue weighted by Gasteiger charge is 2.23. The van der Waals surface area contributed by atoms with E-state index in [1.54, 1.807) is 24.3 Å². The van der Waals surface area contributed by atoms with Gasteiger partial charge < -0.3 is 30.7 Å². The number of amides is 1. The average molecular weight is 439 g/mol. The predicted octanol–water partition coefficient (Wildman–Crippen LogP) is 1.32. The highest BCUT2D eigenvalue weighted by molar-refractivity contribution is 7.12. The summed E-state index contributed by atoms with van der Waals surface area (Å²) in [6.07, 6.45) is -1.79. The molecule has 1 atom stereocenters. The van der Waals surface area contributed by atoms with Gasteiger partial charge in [0, 0.05) is 17.3 Å². The number of aliphatic hydroxyl groups excluding tert-OH is 2. The van der Waals surface area contributed by atoms with E-state index in [0.29, 0.717) is 10.0 Å². The summed E-state index contributed by atoms with van der Waals surface area (Å²) in [4.78, 5) is 19.9. The summed E-state index contributed by atoms with van der Waals surface area (Å²) in [6.45, 7) is -0.465. The summed E-state index contributed by atoms with van der Waals surface area (Å²) >= 11 is 6.90. The molecule has 9 nitrogen and oxygen atoms in total. The normalized spacial score (nSPS) is 12.3. The number of benzene rings is 1. The maximum absolute atomic E-state index is 12.7. The van der Waals surface area contributed by atoms with E-state index >= 15 is 0 Å². The lowest BCUT2D eigenvalue weighted by molar-refractivity contribution is -0.0666. The van der Waals surface area contributed by atoms with E-state index in [2.05, 4.69) is 20.6 Å². The molecule has 2 heterocycles. The Morgan fingerprint density at radius 1 is 1.21 bits per heavy atom. The largest absolute Gasteiger partial charge is 0.492 e. The molecule has 0 spiro atoms. The van der Waals surface area contributed by atoms with Gasteiger partial charge in [-0.2, -0.15) is 0 Å². The van der Waals surface area contributed by atoms with Crippen LogP contribution in [-0.2, 0) is 6.61 Å². The van der Waals surface area contributed by atoms with Crippen LogP contribution in [0.1, 0.15) is 26.4 Å². The number of aromatic hydroxyl groups is 1. The molecule has 29 heavy (non-hydrogen) atoms. The van der Waals surface area contributed by atoms with Crippen LogP contribution in [0.4, 0.5) is 0 Å². The number of hydrogen-bond donors (Lipinski definition) is 7. The average Bonchev–Trinajstić information content (AvgIpc) is 3.32. The lowest BCUT2D eigenvalue weighted by atomic mass is 10.2. The van der Waals surface area contributed by atoms with Crippen molar-refractivity contribution >= 4 is 28.8 Å². The fraction of sp³-hybridized carbons (Fsp3) is 0.222. The van der Waals surface area contributed by atoms with Gasteiger partial charge in [-0.15, -0.1) is 11.3 Å². The maximum atomic E-state index is 12.7.